The highest BCUT2D eigenvalue weighted by atomic mass is 16.4. The van der Waals surface area contributed by atoms with E-state index in [1.54, 1.807) is 12.1 Å². The smallest absolute Gasteiger partial charge is 0.339 e. The molecule has 3 rings (SSSR count). The Labute approximate surface area is 91.9 Å². The largest absolute Gasteiger partial charge is 0.478 e. The van der Waals surface area contributed by atoms with Crippen LogP contribution in [0.4, 0.5) is 0 Å². The average Bonchev–Trinajstić information content (AvgIpc) is 2.82. The van der Waals surface area contributed by atoms with E-state index in [-0.39, 0.29) is 5.56 Å². The Kier molecular flexibility index (Phi) is 1.80. The first-order valence-corrected chi connectivity index (χ1v) is 5.29. The predicted octanol–water partition coefficient (Wildman–Crippen LogP) is 2.65. The summed E-state index contributed by atoms with van der Waals surface area (Å²) in [5, 5.41) is 9.01. The quantitative estimate of drug-likeness (QED) is 0.839. The topological polar surface area (TPSA) is 63.3 Å². The second kappa shape index (κ2) is 3.07. The van der Waals surface area contributed by atoms with Gasteiger partial charge in [-0.3, -0.25) is 0 Å². The number of hydrogen-bond donors (Lipinski definition) is 1. The van der Waals surface area contributed by atoms with E-state index >= 15 is 0 Å². The molecular formula is C12H11NO3. The maximum Gasteiger partial charge on any atom is 0.339 e. The van der Waals surface area contributed by atoms with Gasteiger partial charge in [0.15, 0.2) is 11.5 Å². The Morgan fingerprint density at radius 3 is 2.94 bits per heavy atom. The van der Waals surface area contributed by atoms with E-state index in [2.05, 4.69) is 11.9 Å². The SMILES string of the molecule is CC1CC1c1nc2cccc(C(=O)O)c2o1. The van der Waals surface area contributed by atoms with E-state index < -0.39 is 5.97 Å². The minimum atomic E-state index is -0.975. The number of oxazole rings is 1. The zero-order chi connectivity index (χ0) is 11.3. The van der Waals surface area contributed by atoms with Crippen molar-refractivity contribution >= 4 is 17.1 Å². The van der Waals surface area contributed by atoms with Crippen LogP contribution in [0.15, 0.2) is 22.6 Å². The van der Waals surface area contributed by atoms with E-state index in [0.717, 1.165) is 6.42 Å². The Bertz CT molecular complexity index is 573. The summed E-state index contributed by atoms with van der Waals surface area (Å²) in [6.07, 6.45) is 1.08. The van der Waals surface area contributed by atoms with Gasteiger partial charge in [0.1, 0.15) is 11.1 Å². The van der Waals surface area contributed by atoms with E-state index in [1.165, 1.54) is 6.07 Å². The van der Waals surface area contributed by atoms with Crippen molar-refractivity contribution in [3.05, 3.63) is 29.7 Å². The van der Waals surface area contributed by atoms with Crippen LogP contribution in [0.3, 0.4) is 0 Å². The maximum absolute atomic E-state index is 11.0. The van der Waals surface area contributed by atoms with Crippen molar-refractivity contribution in [1.82, 2.24) is 4.98 Å². The Morgan fingerprint density at radius 2 is 2.31 bits per heavy atom. The molecule has 4 nitrogen and oxygen atoms in total. The van der Waals surface area contributed by atoms with Crippen molar-refractivity contribution in [2.45, 2.75) is 19.3 Å². The van der Waals surface area contributed by atoms with Crippen LogP contribution < -0.4 is 0 Å². The van der Waals surface area contributed by atoms with Gasteiger partial charge in [0.05, 0.1) is 0 Å². The molecule has 0 saturated heterocycles. The molecule has 1 aliphatic carbocycles. The highest BCUT2D eigenvalue weighted by molar-refractivity contribution is 5.99. The van der Waals surface area contributed by atoms with Gasteiger partial charge < -0.3 is 9.52 Å². The fourth-order valence-corrected chi connectivity index (χ4v) is 1.96. The summed E-state index contributed by atoms with van der Waals surface area (Å²) in [4.78, 5) is 15.3. The van der Waals surface area contributed by atoms with Crippen LogP contribution in [0, 0.1) is 5.92 Å². The lowest BCUT2D eigenvalue weighted by atomic mass is 10.2. The van der Waals surface area contributed by atoms with E-state index in [4.69, 9.17) is 9.52 Å². The third-order valence-corrected chi connectivity index (χ3v) is 3.09. The summed E-state index contributed by atoms with van der Waals surface area (Å²) in [5.74, 6) is 0.670. The summed E-state index contributed by atoms with van der Waals surface area (Å²) in [7, 11) is 0. The van der Waals surface area contributed by atoms with Crippen LogP contribution in [-0.4, -0.2) is 16.1 Å². The van der Waals surface area contributed by atoms with Gasteiger partial charge in [0.2, 0.25) is 0 Å². The van der Waals surface area contributed by atoms with Crippen LogP contribution in [-0.2, 0) is 0 Å². The molecule has 1 aromatic heterocycles. The number of carboxylic acid groups (broad SMARTS) is 1. The normalized spacial score (nSPS) is 23.6. The molecule has 0 bridgehead atoms. The number of carbonyl (C=O) groups is 1. The number of para-hydroxylation sites is 1. The standard InChI is InChI=1S/C12H11NO3/c1-6-5-8(6)11-13-9-4-2-3-7(12(14)15)10(9)16-11/h2-4,6,8H,5H2,1H3,(H,14,15). The van der Waals surface area contributed by atoms with Crippen LogP contribution in [0.1, 0.15) is 35.5 Å². The first-order valence-electron chi connectivity index (χ1n) is 5.29. The lowest BCUT2D eigenvalue weighted by Crippen LogP contribution is -1.95. The highest BCUT2D eigenvalue weighted by Gasteiger charge is 2.38. The van der Waals surface area contributed by atoms with Gasteiger partial charge in [-0.15, -0.1) is 0 Å². The first-order chi connectivity index (χ1) is 7.66. The Hall–Kier alpha value is -1.84. The molecule has 0 amide bonds. The minimum absolute atomic E-state index is 0.185. The summed E-state index contributed by atoms with van der Waals surface area (Å²) >= 11 is 0. The van der Waals surface area contributed by atoms with Crippen LogP contribution in [0.2, 0.25) is 0 Å². The summed E-state index contributed by atoms with van der Waals surface area (Å²) < 4.78 is 5.56. The maximum atomic E-state index is 11.0. The number of nitrogens with zero attached hydrogens (tertiary/aromatic N) is 1. The number of fused-ring (bicyclic) bond motifs is 1. The molecule has 4 heteroatoms. The van der Waals surface area contributed by atoms with Crippen molar-refractivity contribution in [3.8, 4) is 0 Å². The average molecular weight is 217 g/mol. The number of hydrogen-bond acceptors (Lipinski definition) is 3. The summed E-state index contributed by atoms with van der Waals surface area (Å²) in [6, 6.07) is 5.01. The molecule has 0 radical (unpaired) electrons. The van der Waals surface area contributed by atoms with Gasteiger partial charge in [0, 0.05) is 5.92 Å². The van der Waals surface area contributed by atoms with Crippen molar-refractivity contribution < 1.29 is 14.3 Å². The fourth-order valence-electron chi connectivity index (χ4n) is 1.96. The number of benzene rings is 1. The molecule has 0 aliphatic heterocycles. The van der Waals surface area contributed by atoms with Gasteiger partial charge in [-0.2, -0.15) is 0 Å². The van der Waals surface area contributed by atoms with Crippen molar-refractivity contribution in [2.75, 3.05) is 0 Å². The zero-order valence-electron chi connectivity index (χ0n) is 8.80. The zero-order valence-corrected chi connectivity index (χ0v) is 8.80. The molecule has 1 aliphatic rings. The summed E-state index contributed by atoms with van der Waals surface area (Å²) in [5.41, 5.74) is 1.21. The third kappa shape index (κ3) is 1.30. The summed E-state index contributed by atoms with van der Waals surface area (Å²) in [6.45, 7) is 2.14. The minimum Gasteiger partial charge on any atom is -0.478 e. The monoisotopic (exact) mass is 217 g/mol. The van der Waals surface area contributed by atoms with Crippen LogP contribution in [0.5, 0.6) is 0 Å². The lowest BCUT2D eigenvalue weighted by molar-refractivity contribution is 0.0698. The second-order valence-electron chi connectivity index (χ2n) is 4.33. The van der Waals surface area contributed by atoms with Crippen LogP contribution in [0.25, 0.3) is 11.1 Å². The highest BCUT2D eigenvalue weighted by Crippen LogP contribution is 2.47. The van der Waals surface area contributed by atoms with Gasteiger partial charge in [0.25, 0.3) is 0 Å². The molecule has 1 fully saturated rings. The van der Waals surface area contributed by atoms with Gasteiger partial charge >= 0.3 is 5.97 Å². The van der Waals surface area contributed by atoms with Gasteiger partial charge in [-0.05, 0) is 24.5 Å². The Morgan fingerprint density at radius 1 is 1.56 bits per heavy atom. The predicted molar refractivity (Wildman–Crippen MR) is 57.5 cm³/mol. The van der Waals surface area contributed by atoms with Crippen molar-refractivity contribution in [2.24, 2.45) is 5.92 Å². The second-order valence-corrected chi connectivity index (χ2v) is 4.33. The number of carboxylic acids is 1. The molecule has 1 saturated carbocycles. The molecule has 2 atom stereocenters. The van der Waals surface area contributed by atoms with Gasteiger partial charge in [-0.25, -0.2) is 9.78 Å². The molecule has 1 aromatic carbocycles. The van der Waals surface area contributed by atoms with Crippen molar-refractivity contribution in [1.29, 1.82) is 0 Å². The molecule has 82 valence electrons. The molecule has 16 heavy (non-hydrogen) atoms. The number of rotatable bonds is 2. The van der Waals surface area contributed by atoms with Crippen LogP contribution >= 0.6 is 0 Å². The van der Waals surface area contributed by atoms with E-state index in [1.807, 2.05) is 0 Å². The Balaban J connectivity index is 2.16. The third-order valence-electron chi connectivity index (χ3n) is 3.09. The fraction of sp³-hybridized carbons (Fsp3) is 0.333. The molecule has 1 heterocycles. The van der Waals surface area contributed by atoms with Crippen molar-refractivity contribution in [3.63, 3.8) is 0 Å². The molecule has 2 unspecified atom stereocenters. The number of aromatic nitrogens is 1. The van der Waals surface area contributed by atoms with E-state index in [0.29, 0.717) is 28.8 Å². The molecule has 0 spiro atoms. The molecule has 2 aromatic rings. The van der Waals surface area contributed by atoms with Gasteiger partial charge in [-0.1, -0.05) is 13.0 Å². The number of aromatic carboxylic acids is 1. The first kappa shape index (κ1) is 9.39. The lowest BCUT2D eigenvalue weighted by Gasteiger charge is -1.93. The van der Waals surface area contributed by atoms with E-state index in [9.17, 15) is 4.79 Å². The molecule has 1 N–H and O–H groups in total. The molecular weight excluding hydrogens is 206 g/mol.